The highest BCUT2D eigenvalue weighted by Gasteiger charge is 2.07. The van der Waals surface area contributed by atoms with Crippen LogP contribution in [0.3, 0.4) is 0 Å². The lowest BCUT2D eigenvalue weighted by Crippen LogP contribution is -2.25. The molecular weight excluding hydrogens is 278 g/mol. The molecule has 2 aromatic carbocycles. The molecule has 0 aliphatic rings. The summed E-state index contributed by atoms with van der Waals surface area (Å²) in [7, 11) is 1.58. The summed E-state index contributed by atoms with van der Waals surface area (Å²) in [5.41, 5.74) is 2.54. The fraction of sp³-hybridized carbons (Fsp3) is 0.176. The largest absolute Gasteiger partial charge is 0.497 e. The highest BCUT2D eigenvalue weighted by Crippen LogP contribution is 2.12. The van der Waals surface area contributed by atoms with Crippen LogP contribution in [-0.2, 0) is 6.42 Å². The minimum Gasteiger partial charge on any atom is -0.497 e. The first-order chi connectivity index (χ1) is 10.8. The Morgan fingerprint density at radius 2 is 2.09 bits per heavy atom. The molecule has 0 aliphatic heterocycles. The Balaban J connectivity index is 1.59. The van der Waals surface area contributed by atoms with Crippen molar-refractivity contribution in [1.29, 1.82) is 0 Å². The molecule has 0 radical (unpaired) electrons. The third-order valence-corrected chi connectivity index (χ3v) is 3.42. The van der Waals surface area contributed by atoms with E-state index in [1.807, 2.05) is 30.3 Å². The number of H-pyrrole nitrogens is 1. The average Bonchev–Trinajstić information content (AvgIpc) is 2.97. The monoisotopic (exact) mass is 295 g/mol. The van der Waals surface area contributed by atoms with Gasteiger partial charge in [0.2, 0.25) is 0 Å². The van der Waals surface area contributed by atoms with Crippen molar-refractivity contribution >= 4 is 16.9 Å². The molecule has 3 aromatic rings. The maximum atomic E-state index is 12.1. The molecule has 2 N–H and O–H groups in total. The lowest BCUT2D eigenvalue weighted by Gasteiger charge is -2.05. The molecule has 0 aliphatic carbocycles. The topological polar surface area (TPSA) is 67.0 Å². The third-order valence-electron chi connectivity index (χ3n) is 3.42. The number of hydrogen-bond donors (Lipinski definition) is 2. The Morgan fingerprint density at radius 3 is 2.91 bits per heavy atom. The number of aromatic nitrogens is 2. The van der Waals surface area contributed by atoms with Gasteiger partial charge in [-0.1, -0.05) is 18.2 Å². The van der Waals surface area contributed by atoms with Gasteiger partial charge in [0, 0.05) is 18.5 Å². The number of nitrogens with one attached hydrogen (secondary N) is 2. The Kier molecular flexibility index (Phi) is 4.05. The van der Waals surface area contributed by atoms with E-state index in [2.05, 4.69) is 15.3 Å². The second kappa shape index (κ2) is 6.30. The van der Waals surface area contributed by atoms with Gasteiger partial charge in [-0.25, -0.2) is 4.98 Å². The summed E-state index contributed by atoms with van der Waals surface area (Å²) >= 11 is 0. The fourth-order valence-corrected chi connectivity index (χ4v) is 2.28. The zero-order chi connectivity index (χ0) is 15.4. The van der Waals surface area contributed by atoms with E-state index in [-0.39, 0.29) is 5.91 Å². The van der Waals surface area contributed by atoms with Crippen molar-refractivity contribution in [3.8, 4) is 5.75 Å². The molecular formula is C17H17N3O2. The number of carbonyl (C=O) groups excluding carboxylic acids is 1. The molecule has 22 heavy (non-hydrogen) atoms. The number of rotatable bonds is 5. The number of benzene rings is 2. The molecule has 1 heterocycles. The summed E-state index contributed by atoms with van der Waals surface area (Å²) in [6.07, 6.45) is 0.657. The van der Waals surface area contributed by atoms with Crippen LogP contribution < -0.4 is 10.1 Å². The number of aromatic amines is 1. The van der Waals surface area contributed by atoms with Crippen LogP contribution in [-0.4, -0.2) is 29.5 Å². The van der Waals surface area contributed by atoms with Crippen molar-refractivity contribution in [2.24, 2.45) is 0 Å². The molecule has 0 spiro atoms. The minimum atomic E-state index is -0.116. The Hall–Kier alpha value is -2.82. The van der Waals surface area contributed by atoms with Gasteiger partial charge >= 0.3 is 0 Å². The van der Waals surface area contributed by atoms with Crippen molar-refractivity contribution in [3.63, 3.8) is 0 Å². The molecule has 0 bridgehead atoms. The van der Waals surface area contributed by atoms with Gasteiger partial charge in [-0.05, 0) is 30.3 Å². The van der Waals surface area contributed by atoms with Crippen molar-refractivity contribution in [1.82, 2.24) is 15.3 Å². The molecule has 1 aromatic heterocycles. The lowest BCUT2D eigenvalue weighted by atomic mass is 10.2. The van der Waals surface area contributed by atoms with E-state index in [0.717, 1.165) is 16.9 Å². The van der Waals surface area contributed by atoms with Crippen LogP contribution in [0.15, 0.2) is 48.5 Å². The highest BCUT2D eigenvalue weighted by atomic mass is 16.5. The molecule has 1 amide bonds. The number of amides is 1. The number of methoxy groups -OCH3 is 1. The van der Waals surface area contributed by atoms with Crippen LogP contribution in [0.25, 0.3) is 11.0 Å². The lowest BCUT2D eigenvalue weighted by molar-refractivity contribution is 0.0953. The summed E-state index contributed by atoms with van der Waals surface area (Å²) in [5, 5.41) is 2.89. The van der Waals surface area contributed by atoms with E-state index in [9.17, 15) is 4.79 Å². The minimum absolute atomic E-state index is 0.116. The second-order valence-electron chi connectivity index (χ2n) is 4.94. The molecule has 0 fully saturated rings. The Bertz CT molecular complexity index is 762. The number of carbonyl (C=O) groups is 1. The van der Waals surface area contributed by atoms with Crippen LogP contribution in [0.1, 0.15) is 16.2 Å². The molecule has 5 nitrogen and oxygen atoms in total. The second-order valence-corrected chi connectivity index (χ2v) is 4.94. The zero-order valence-electron chi connectivity index (χ0n) is 12.3. The number of imidazole rings is 1. The van der Waals surface area contributed by atoms with E-state index in [1.54, 1.807) is 25.3 Å². The number of fused-ring (bicyclic) bond motifs is 1. The van der Waals surface area contributed by atoms with Crippen LogP contribution in [0.5, 0.6) is 5.75 Å². The summed E-state index contributed by atoms with van der Waals surface area (Å²) < 4.78 is 5.12. The van der Waals surface area contributed by atoms with Gasteiger partial charge in [-0.15, -0.1) is 0 Å². The number of para-hydroxylation sites is 2. The first-order valence-corrected chi connectivity index (χ1v) is 7.12. The normalized spacial score (nSPS) is 10.6. The van der Waals surface area contributed by atoms with E-state index >= 15 is 0 Å². The molecule has 0 saturated heterocycles. The van der Waals surface area contributed by atoms with Gasteiger partial charge in [0.15, 0.2) is 0 Å². The molecule has 5 heteroatoms. The van der Waals surface area contributed by atoms with Crippen LogP contribution in [0, 0.1) is 0 Å². The quantitative estimate of drug-likeness (QED) is 0.760. The molecule has 0 saturated carbocycles. The molecule has 0 unspecified atom stereocenters. The first-order valence-electron chi connectivity index (χ1n) is 7.12. The van der Waals surface area contributed by atoms with Crippen molar-refractivity contribution in [2.75, 3.05) is 13.7 Å². The van der Waals surface area contributed by atoms with E-state index < -0.39 is 0 Å². The van der Waals surface area contributed by atoms with E-state index in [1.165, 1.54) is 0 Å². The average molecular weight is 295 g/mol. The maximum Gasteiger partial charge on any atom is 0.251 e. The maximum absolute atomic E-state index is 12.1. The summed E-state index contributed by atoms with van der Waals surface area (Å²) in [4.78, 5) is 19.8. The Morgan fingerprint density at radius 1 is 1.23 bits per heavy atom. The SMILES string of the molecule is COc1cccc(C(=O)NCCc2nc3ccccc3[nH]2)c1. The van der Waals surface area contributed by atoms with E-state index in [0.29, 0.717) is 24.3 Å². The summed E-state index contributed by atoms with van der Waals surface area (Å²) in [6.45, 7) is 0.524. The molecule has 3 rings (SSSR count). The Labute approximate surface area is 128 Å². The van der Waals surface area contributed by atoms with Gasteiger partial charge in [0.25, 0.3) is 5.91 Å². The van der Waals surface area contributed by atoms with Crippen LogP contribution >= 0.6 is 0 Å². The predicted molar refractivity (Wildman–Crippen MR) is 85.1 cm³/mol. The van der Waals surface area contributed by atoms with Crippen molar-refractivity contribution in [3.05, 3.63) is 59.9 Å². The first kappa shape index (κ1) is 14.1. The summed E-state index contributed by atoms with van der Waals surface area (Å²) in [5.74, 6) is 1.42. The number of ether oxygens (including phenoxy) is 1. The molecule has 112 valence electrons. The summed E-state index contributed by atoms with van der Waals surface area (Å²) in [6, 6.07) is 15.0. The predicted octanol–water partition coefficient (Wildman–Crippen LogP) is 2.54. The van der Waals surface area contributed by atoms with Crippen LogP contribution in [0.2, 0.25) is 0 Å². The van der Waals surface area contributed by atoms with Crippen molar-refractivity contribution < 1.29 is 9.53 Å². The van der Waals surface area contributed by atoms with Crippen LogP contribution in [0.4, 0.5) is 0 Å². The zero-order valence-corrected chi connectivity index (χ0v) is 12.3. The van der Waals surface area contributed by atoms with Crippen molar-refractivity contribution in [2.45, 2.75) is 6.42 Å². The van der Waals surface area contributed by atoms with Gasteiger partial charge < -0.3 is 15.0 Å². The standard InChI is InChI=1S/C17H17N3O2/c1-22-13-6-4-5-12(11-13)17(21)18-10-9-16-19-14-7-2-3-8-15(14)20-16/h2-8,11H,9-10H2,1H3,(H,18,21)(H,19,20). The number of hydrogen-bond acceptors (Lipinski definition) is 3. The fourth-order valence-electron chi connectivity index (χ4n) is 2.28. The van der Waals surface area contributed by atoms with Gasteiger partial charge in [-0.2, -0.15) is 0 Å². The highest BCUT2D eigenvalue weighted by molar-refractivity contribution is 5.94. The van der Waals surface area contributed by atoms with E-state index in [4.69, 9.17) is 4.74 Å². The smallest absolute Gasteiger partial charge is 0.251 e. The van der Waals surface area contributed by atoms with Gasteiger partial charge in [0.05, 0.1) is 18.1 Å². The van der Waals surface area contributed by atoms with Gasteiger partial charge in [-0.3, -0.25) is 4.79 Å². The van der Waals surface area contributed by atoms with Gasteiger partial charge in [0.1, 0.15) is 11.6 Å². The number of nitrogens with zero attached hydrogens (tertiary/aromatic N) is 1. The third kappa shape index (κ3) is 3.09. The molecule has 0 atom stereocenters.